The molecule has 4 rings (SSSR count). The van der Waals surface area contributed by atoms with E-state index in [9.17, 15) is 8.42 Å². The van der Waals surface area contributed by atoms with E-state index in [4.69, 9.17) is 4.74 Å². The second kappa shape index (κ2) is 6.35. The molecule has 0 unspecified atom stereocenters. The number of sulfone groups is 1. The summed E-state index contributed by atoms with van der Waals surface area (Å²) in [4.78, 5) is 0.607. The average molecular weight is 358 g/mol. The molecule has 5 nitrogen and oxygen atoms in total. The van der Waals surface area contributed by atoms with Crippen molar-refractivity contribution in [1.29, 1.82) is 0 Å². The normalized spacial score (nSPS) is 22.4. The zero-order chi connectivity index (χ0) is 17.4. The molecule has 0 spiro atoms. The Kier molecular flexibility index (Phi) is 4.17. The lowest BCUT2D eigenvalue weighted by Gasteiger charge is -2.16. The van der Waals surface area contributed by atoms with Gasteiger partial charge in [0, 0.05) is 17.6 Å². The quantitative estimate of drug-likeness (QED) is 0.883. The highest BCUT2D eigenvalue weighted by molar-refractivity contribution is 7.91. The van der Waals surface area contributed by atoms with E-state index in [1.807, 2.05) is 12.1 Å². The monoisotopic (exact) mass is 358 g/mol. The summed E-state index contributed by atoms with van der Waals surface area (Å²) in [7, 11) is -2.03. The van der Waals surface area contributed by atoms with Gasteiger partial charge in [-0.2, -0.15) is 0 Å². The number of hydrogen-bond acceptors (Lipinski definition) is 5. The van der Waals surface area contributed by atoms with E-state index in [0.717, 1.165) is 37.2 Å². The SMILES string of the molecule is COc1cccc(S(=O)(=O)c2ccc3c(c2)[C@@H]2CCNCC[C@H]2N3)c1. The van der Waals surface area contributed by atoms with Gasteiger partial charge in [-0.15, -0.1) is 0 Å². The molecule has 0 aromatic heterocycles. The highest BCUT2D eigenvalue weighted by atomic mass is 32.2. The van der Waals surface area contributed by atoms with Crippen LogP contribution in [0.15, 0.2) is 52.3 Å². The van der Waals surface area contributed by atoms with Crippen molar-refractivity contribution in [2.75, 3.05) is 25.5 Å². The van der Waals surface area contributed by atoms with Gasteiger partial charge >= 0.3 is 0 Å². The fourth-order valence-electron chi connectivity index (χ4n) is 3.84. The van der Waals surface area contributed by atoms with Crippen LogP contribution in [0, 0.1) is 0 Å². The number of ether oxygens (including phenoxy) is 1. The van der Waals surface area contributed by atoms with E-state index >= 15 is 0 Å². The molecule has 6 heteroatoms. The smallest absolute Gasteiger partial charge is 0.206 e. The molecule has 2 atom stereocenters. The fraction of sp³-hybridized carbons (Fsp3) is 0.368. The number of hydrogen-bond donors (Lipinski definition) is 2. The van der Waals surface area contributed by atoms with Gasteiger partial charge in [0.25, 0.3) is 0 Å². The van der Waals surface area contributed by atoms with Crippen molar-refractivity contribution in [3.63, 3.8) is 0 Å². The second-order valence-corrected chi connectivity index (χ2v) is 8.57. The van der Waals surface area contributed by atoms with Crippen LogP contribution in [-0.2, 0) is 9.84 Å². The Bertz CT molecular complexity index is 895. The topological polar surface area (TPSA) is 67.4 Å². The lowest BCUT2D eigenvalue weighted by molar-refractivity contribution is 0.413. The van der Waals surface area contributed by atoms with Gasteiger partial charge in [0.1, 0.15) is 5.75 Å². The van der Waals surface area contributed by atoms with Gasteiger partial charge in [-0.3, -0.25) is 0 Å². The molecule has 1 saturated heterocycles. The van der Waals surface area contributed by atoms with E-state index in [-0.39, 0.29) is 4.90 Å². The first kappa shape index (κ1) is 16.4. The average Bonchev–Trinajstić information content (AvgIpc) is 2.81. The van der Waals surface area contributed by atoms with E-state index in [0.29, 0.717) is 22.6 Å². The molecule has 2 aromatic carbocycles. The largest absolute Gasteiger partial charge is 0.497 e. The maximum absolute atomic E-state index is 13.0. The summed E-state index contributed by atoms with van der Waals surface area (Å²) < 4.78 is 31.2. The summed E-state index contributed by atoms with van der Waals surface area (Å²) in [6.45, 7) is 1.96. The van der Waals surface area contributed by atoms with Gasteiger partial charge in [0.15, 0.2) is 0 Å². The van der Waals surface area contributed by atoms with E-state index in [2.05, 4.69) is 10.6 Å². The number of methoxy groups -OCH3 is 1. The molecule has 2 aromatic rings. The molecule has 2 heterocycles. The Morgan fingerprint density at radius 3 is 2.68 bits per heavy atom. The van der Waals surface area contributed by atoms with Crippen LogP contribution in [0.2, 0.25) is 0 Å². The fourth-order valence-corrected chi connectivity index (χ4v) is 5.17. The number of nitrogens with one attached hydrogen (secondary N) is 2. The van der Waals surface area contributed by atoms with Gasteiger partial charge in [0.2, 0.25) is 9.84 Å². The van der Waals surface area contributed by atoms with Crippen molar-refractivity contribution in [3.05, 3.63) is 48.0 Å². The van der Waals surface area contributed by atoms with Crippen LogP contribution < -0.4 is 15.4 Å². The lowest BCUT2D eigenvalue weighted by atomic mass is 9.91. The Balaban J connectivity index is 1.73. The number of anilines is 1. The third-order valence-electron chi connectivity index (χ3n) is 5.18. The lowest BCUT2D eigenvalue weighted by Crippen LogP contribution is -2.21. The summed E-state index contributed by atoms with van der Waals surface area (Å²) in [5, 5.41) is 6.98. The van der Waals surface area contributed by atoms with Crippen LogP contribution in [0.1, 0.15) is 24.3 Å². The molecule has 2 aliphatic heterocycles. The summed E-state index contributed by atoms with van der Waals surface area (Å²) in [6.07, 6.45) is 2.07. The maximum atomic E-state index is 13.0. The Labute approximate surface area is 148 Å². The molecule has 0 aliphatic carbocycles. The van der Waals surface area contributed by atoms with E-state index in [1.165, 1.54) is 7.11 Å². The highest BCUT2D eigenvalue weighted by Gasteiger charge is 2.34. The first-order valence-electron chi connectivity index (χ1n) is 8.60. The summed E-state index contributed by atoms with van der Waals surface area (Å²) >= 11 is 0. The van der Waals surface area contributed by atoms with E-state index < -0.39 is 9.84 Å². The van der Waals surface area contributed by atoms with Crippen molar-refractivity contribution in [2.45, 2.75) is 34.6 Å². The van der Waals surface area contributed by atoms with Crippen molar-refractivity contribution in [2.24, 2.45) is 0 Å². The molecule has 2 aliphatic rings. The van der Waals surface area contributed by atoms with E-state index in [1.54, 1.807) is 30.3 Å². The third-order valence-corrected chi connectivity index (χ3v) is 6.92. The van der Waals surface area contributed by atoms with Crippen molar-refractivity contribution in [3.8, 4) is 5.75 Å². The zero-order valence-corrected chi connectivity index (χ0v) is 15.0. The van der Waals surface area contributed by atoms with Gasteiger partial charge in [-0.25, -0.2) is 8.42 Å². The maximum Gasteiger partial charge on any atom is 0.206 e. The molecule has 0 bridgehead atoms. The molecule has 0 amide bonds. The molecule has 1 fully saturated rings. The van der Waals surface area contributed by atoms with Crippen LogP contribution in [0.5, 0.6) is 5.75 Å². The number of fused-ring (bicyclic) bond motifs is 3. The minimum Gasteiger partial charge on any atom is -0.497 e. The molecular weight excluding hydrogens is 336 g/mol. The third kappa shape index (κ3) is 2.89. The zero-order valence-electron chi connectivity index (χ0n) is 14.2. The van der Waals surface area contributed by atoms with Gasteiger partial charge in [-0.05, 0) is 67.9 Å². The molecule has 0 radical (unpaired) electrons. The second-order valence-electron chi connectivity index (χ2n) is 6.62. The van der Waals surface area contributed by atoms with Crippen LogP contribution in [0.3, 0.4) is 0 Å². The predicted molar refractivity (Wildman–Crippen MR) is 97.1 cm³/mol. The predicted octanol–water partition coefficient (Wildman–Crippen LogP) is 2.79. The molecular formula is C19H22N2O3S. The van der Waals surface area contributed by atoms with Gasteiger partial charge in [0.05, 0.1) is 16.9 Å². The minimum absolute atomic E-state index is 0.261. The first-order valence-corrected chi connectivity index (χ1v) is 10.1. The Hall–Kier alpha value is -2.05. The van der Waals surface area contributed by atoms with Crippen LogP contribution in [0.4, 0.5) is 5.69 Å². The summed E-state index contributed by atoms with van der Waals surface area (Å²) in [5.74, 6) is 0.907. The van der Waals surface area contributed by atoms with Crippen LogP contribution in [0.25, 0.3) is 0 Å². The minimum atomic E-state index is -3.56. The van der Waals surface area contributed by atoms with Gasteiger partial charge in [-0.1, -0.05) is 6.07 Å². The summed E-state index contributed by atoms with van der Waals surface area (Å²) in [5.41, 5.74) is 2.19. The van der Waals surface area contributed by atoms with Crippen molar-refractivity contribution < 1.29 is 13.2 Å². The summed E-state index contributed by atoms with van der Waals surface area (Å²) in [6, 6.07) is 12.5. The Morgan fingerprint density at radius 2 is 1.84 bits per heavy atom. The molecule has 132 valence electrons. The Morgan fingerprint density at radius 1 is 1.04 bits per heavy atom. The van der Waals surface area contributed by atoms with Crippen molar-refractivity contribution in [1.82, 2.24) is 5.32 Å². The van der Waals surface area contributed by atoms with Crippen molar-refractivity contribution >= 4 is 15.5 Å². The molecule has 2 N–H and O–H groups in total. The van der Waals surface area contributed by atoms with Crippen LogP contribution in [-0.4, -0.2) is 34.7 Å². The standard InChI is InChI=1S/C19H22N2O3S/c1-24-13-3-2-4-14(11-13)25(22,23)15-5-6-18-17(12-15)16-7-9-20-10-8-19(16)21-18/h2-6,11-12,16,19-21H,7-10H2,1H3/t16-,19+/m0/s1. The number of rotatable bonds is 3. The first-order chi connectivity index (χ1) is 12.1. The molecule has 25 heavy (non-hydrogen) atoms. The number of benzene rings is 2. The molecule has 0 saturated carbocycles. The highest BCUT2D eigenvalue weighted by Crippen LogP contribution is 2.41. The van der Waals surface area contributed by atoms with Crippen LogP contribution >= 0.6 is 0 Å². The van der Waals surface area contributed by atoms with Gasteiger partial charge < -0.3 is 15.4 Å².